The summed E-state index contributed by atoms with van der Waals surface area (Å²) >= 11 is 3.45. The molecule has 0 saturated carbocycles. The fraction of sp³-hybridized carbons (Fsp3) is 0.467. The molecule has 2 unspecified atom stereocenters. The molecule has 2 heterocycles. The lowest BCUT2D eigenvalue weighted by Gasteiger charge is -2.28. The van der Waals surface area contributed by atoms with E-state index < -0.39 is 5.79 Å². The molecule has 18 heavy (non-hydrogen) atoms. The zero-order valence-electron chi connectivity index (χ0n) is 10.7. The van der Waals surface area contributed by atoms with Crippen LogP contribution in [-0.4, -0.2) is 11.4 Å². The Balaban J connectivity index is 1.76. The molecule has 2 aliphatic heterocycles. The molecule has 96 valence electrons. The normalized spacial score (nSPS) is 33.4. The number of hydrogen-bond donors (Lipinski definition) is 0. The first kappa shape index (κ1) is 12.4. The molecule has 1 aromatic carbocycles. The molecule has 0 N–H and O–H groups in total. The van der Waals surface area contributed by atoms with Gasteiger partial charge >= 0.3 is 0 Å². The Labute approximate surface area is 116 Å². The molecule has 0 bridgehead atoms. The molecule has 3 rings (SSSR count). The van der Waals surface area contributed by atoms with Crippen LogP contribution >= 0.6 is 15.9 Å². The summed E-state index contributed by atoms with van der Waals surface area (Å²) in [6.07, 6.45) is 6.23. The lowest BCUT2D eigenvalue weighted by atomic mass is 10.1. The molecule has 2 atom stereocenters. The molecule has 3 heteroatoms. The van der Waals surface area contributed by atoms with Crippen LogP contribution < -0.4 is 0 Å². The van der Waals surface area contributed by atoms with Gasteiger partial charge in [-0.2, -0.15) is 0 Å². The maximum absolute atomic E-state index is 6.15. The first-order valence-corrected chi connectivity index (χ1v) is 7.11. The van der Waals surface area contributed by atoms with Crippen molar-refractivity contribution in [3.63, 3.8) is 0 Å². The molecule has 2 aliphatic rings. The van der Waals surface area contributed by atoms with Crippen LogP contribution in [0, 0.1) is 0 Å². The van der Waals surface area contributed by atoms with Crippen molar-refractivity contribution in [1.82, 2.24) is 0 Å². The molecule has 0 aliphatic carbocycles. The summed E-state index contributed by atoms with van der Waals surface area (Å²) in [6.45, 7) is 4.13. The Bertz CT molecular complexity index is 478. The van der Waals surface area contributed by atoms with Gasteiger partial charge < -0.3 is 9.47 Å². The van der Waals surface area contributed by atoms with Gasteiger partial charge in [0.15, 0.2) is 5.79 Å². The van der Waals surface area contributed by atoms with Crippen LogP contribution in [0.25, 0.3) is 0 Å². The number of hydrogen-bond acceptors (Lipinski definition) is 2. The van der Waals surface area contributed by atoms with Gasteiger partial charge in [0.1, 0.15) is 0 Å². The van der Waals surface area contributed by atoms with Gasteiger partial charge in [0, 0.05) is 10.9 Å². The Hall–Kier alpha value is -0.640. The van der Waals surface area contributed by atoms with Gasteiger partial charge in [0.25, 0.3) is 0 Å². The Morgan fingerprint density at radius 1 is 1.17 bits per heavy atom. The van der Waals surface area contributed by atoms with E-state index in [4.69, 9.17) is 9.47 Å². The van der Waals surface area contributed by atoms with Crippen molar-refractivity contribution in [2.24, 2.45) is 0 Å². The minimum absolute atomic E-state index is 0.136. The van der Waals surface area contributed by atoms with E-state index in [1.54, 1.807) is 0 Å². The van der Waals surface area contributed by atoms with Crippen molar-refractivity contribution in [3.8, 4) is 0 Å². The molecule has 2 nitrogen and oxygen atoms in total. The summed E-state index contributed by atoms with van der Waals surface area (Å²) in [5.74, 6) is -0.499. The van der Waals surface area contributed by atoms with Crippen molar-refractivity contribution >= 4 is 15.9 Å². The van der Waals surface area contributed by atoms with Crippen molar-refractivity contribution in [2.75, 3.05) is 0 Å². The van der Waals surface area contributed by atoms with E-state index in [0.717, 1.165) is 17.3 Å². The fourth-order valence-corrected chi connectivity index (χ4v) is 2.91. The predicted octanol–water partition coefficient (Wildman–Crippen LogP) is 4.36. The summed E-state index contributed by atoms with van der Waals surface area (Å²) in [7, 11) is 0. The summed E-state index contributed by atoms with van der Waals surface area (Å²) in [5.41, 5.74) is 1.01. The van der Waals surface area contributed by atoms with Crippen molar-refractivity contribution in [1.29, 1.82) is 0 Å². The highest BCUT2D eigenvalue weighted by atomic mass is 79.9. The molecular weight excluding hydrogens is 292 g/mol. The van der Waals surface area contributed by atoms with Gasteiger partial charge in [0.2, 0.25) is 0 Å². The van der Waals surface area contributed by atoms with Gasteiger partial charge in [-0.05, 0) is 44.0 Å². The van der Waals surface area contributed by atoms with Crippen LogP contribution in [0.5, 0.6) is 0 Å². The smallest absolute Gasteiger partial charge is 0.189 e. The standard InChI is InChI=1S/C15H17BrO2/c1-14(2)9-10-15(18-14)8-7-13(17-15)11-3-5-12(16)6-4-11/h3-6,9-10,13H,7-8H2,1-2H3. The zero-order valence-corrected chi connectivity index (χ0v) is 12.2. The van der Waals surface area contributed by atoms with E-state index in [1.165, 1.54) is 5.56 Å². The van der Waals surface area contributed by atoms with Crippen molar-refractivity contribution in [2.45, 2.75) is 44.2 Å². The van der Waals surface area contributed by atoms with E-state index in [0.29, 0.717) is 0 Å². The van der Waals surface area contributed by atoms with E-state index in [2.05, 4.69) is 66.2 Å². The molecule has 1 fully saturated rings. The Morgan fingerprint density at radius 3 is 2.50 bits per heavy atom. The van der Waals surface area contributed by atoms with Gasteiger partial charge in [-0.25, -0.2) is 0 Å². The average Bonchev–Trinajstić information content (AvgIpc) is 2.85. The maximum Gasteiger partial charge on any atom is 0.189 e. The molecule has 1 aromatic rings. The van der Waals surface area contributed by atoms with Crippen LogP contribution in [0.15, 0.2) is 40.9 Å². The summed E-state index contributed by atoms with van der Waals surface area (Å²) in [6, 6.07) is 8.33. The lowest BCUT2D eigenvalue weighted by molar-refractivity contribution is -0.219. The topological polar surface area (TPSA) is 18.5 Å². The SMILES string of the molecule is CC1(C)C=CC2(CCC(c3ccc(Br)cc3)O2)O1. The maximum atomic E-state index is 6.15. The monoisotopic (exact) mass is 308 g/mol. The first-order valence-electron chi connectivity index (χ1n) is 6.32. The second-order valence-corrected chi connectivity index (χ2v) is 6.46. The second-order valence-electron chi connectivity index (χ2n) is 5.55. The van der Waals surface area contributed by atoms with E-state index in [1.807, 2.05) is 0 Å². The van der Waals surface area contributed by atoms with E-state index >= 15 is 0 Å². The summed E-state index contributed by atoms with van der Waals surface area (Å²) in [5, 5.41) is 0. The predicted molar refractivity (Wildman–Crippen MR) is 74.2 cm³/mol. The highest BCUT2D eigenvalue weighted by Gasteiger charge is 2.46. The fourth-order valence-electron chi connectivity index (χ4n) is 2.64. The molecular formula is C15H17BrO2. The average molecular weight is 309 g/mol. The minimum Gasteiger partial charge on any atom is -0.338 e. The Morgan fingerprint density at radius 2 is 1.89 bits per heavy atom. The number of rotatable bonds is 1. The third-order valence-corrected chi connectivity index (χ3v) is 4.04. The highest BCUT2D eigenvalue weighted by molar-refractivity contribution is 9.10. The third-order valence-electron chi connectivity index (χ3n) is 3.51. The Kier molecular flexibility index (Phi) is 2.88. The number of ether oxygens (including phenoxy) is 2. The van der Waals surface area contributed by atoms with Crippen LogP contribution in [0.2, 0.25) is 0 Å². The quantitative estimate of drug-likeness (QED) is 0.718. The van der Waals surface area contributed by atoms with Crippen LogP contribution in [0.3, 0.4) is 0 Å². The van der Waals surface area contributed by atoms with E-state index in [-0.39, 0.29) is 11.7 Å². The minimum atomic E-state index is -0.499. The second kappa shape index (κ2) is 4.19. The molecule has 0 aromatic heterocycles. The molecule has 1 spiro atoms. The van der Waals surface area contributed by atoms with Gasteiger partial charge in [-0.1, -0.05) is 34.1 Å². The highest BCUT2D eigenvalue weighted by Crippen LogP contribution is 2.46. The number of benzene rings is 1. The summed E-state index contributed by atoms with van der Waals surface area (Å²) < 4.78 is 13.3. The van der Waals surface area contributed by atoms with Gasteiger partial charge in [0.05, 0.1) is 11.7 Å². The van der Waals surface area contributed by atoms with Gasteiger partial charge in [-0.15, -0.1) is 0 Å². The molecule has 1 saturated heterocycles. The lowest BCUT2D eigenvalue weighted by Crippen LogP contribution is -2.32. The summed E-state index contributed by atoms with van der Waals surface area (Å²) in [4.78, 5) is 0. The molecule has 0 radical (unpaired) electrons. The first-order chi connectivity index (χ1) is 8.48. The van der Waals surface area contributed by atoms with Gasteiger partial charge in [-0.3, -0.25) is 0 Å². The largest absolute Gasteiger partial charge is 0.338 e. The zero-order chi connectivity index (χ0) is 12.8. The molecule has 0 amide bonds. The van der Waals surface area contributed by atoms with Crippen LogP contribution in [0.4, 0.5) is 0 Å². The van der Waals surface area contributed by atoms with E-state index in [9.17, 15) is 0 Å². The van der Waals surface area contributed by atoms with Crippen LogP contribution in [0.1, 0.15) is 38.4 Å². The van der Waals surface area contributed by atoms with Crippen LogP contribution in [-0.2, 0) is 9.47 Å². The third kappa shape index (κ3) is 2.27. The number of halogens is 1. The van der Waals surface area contributed by atoms with Crippen molar-refractivity contribution < 1.29 is 9.47 Å². The van der Waals surface area contributed by atoms with Crippen molar-refractivity contribution in [3.05, 3.63) is 46.5 Å².